The van der Waals surface area contributed by atoms with Crippen LogP contribution in [0, 0.1) is 11.8 Å². The van der Waals surface area contributed by atoms with Crippen molar-refractivity contribution in [2.24, 2.45) is 11.8 Å². The molecule has 0 radical (unpaired) electrons. The number of Topliss-reactive ketones (excluding diaryl/α,β-unsaturated/α-hetero) is 2. The van der Waals surface area contributed by atoms with Crippen LogP contribution in [0.15, 0.2) is 18.2 Å². The fraction of sp³-hybridized carbons (Fsp3) is 0.658. The van der Waals surface area contributed by atoms with Crippen molar-refractivity contribution >= 4 is 41.5 Å². The molecule has 1 heterocycles. The van der Waals surface area contributed by atoms with Crippen molar-refractivity contribution in [1.29, 1.82) is 0 Å². The molecule has 0 spiro atoms. The Balaban J connectivity index is 2.09. The third-order valence-corrected chi connectivity index (χ3v) is 8.24. The molecule has 0 bridgehead atoms. The van der Waals surface area contributed by atoms with E-state index in [1.54, 1.807) is 34.6 Å². The van der Waals surface area contributed by atoms with Crippen LogP contribution in [0.3, 0.4) is 0 Å². The zero-order chi connectivity index (χ0) is 42.0. The molecule has 0 saturated carbocycles. The first-order valence-corrected chi connectivity index (χ1v) is 18.3. The summed E-state index contributed by atoms with van der Waals surface area (Å²) in [7, 11) is 1.21. The summed E-state index contributed by atoms with van der Waals surface area (Å²) in [6.07, 6.45) is -4.19. The predicted molar refractivity (Wildman–Crippen MR) is 195 cm³/mol. The highest BCUT2D eigenvalue weighted by molar-refractivity contribution is 6.01. The Labute approximate surface area is 326 Å². The topological polar surface area (TPSA) is 227 Å². The molecule has 56 heavy (non-hydrogen) atoms. The van der Waals surface area contributed by atoms with Crippen molar-refractivity contribution in [1.82, 2.24) is 10.8 Å². The van der Waals surface area contributed by atoms with Gasteiger partial charge in [-0.3, -0.25) is 28.8 Å². The number of rotatable bonds is 22. The van der Waals surface area contributed by atoms with E-state index in [-0.39, 0.29) is 76.0 Å². The summed E-state index contributed by atoms with van der Waals surface area (Å²) in [5.41, 5.74) is 1.78. The first kappa shape index (κ1) is 47.5. The monoisotopic (exact) mass is 796 g/mol. The maximum atomic E-state index is 13.9. The maximum absolute atomic E-state index is 13.9. The molecule has 2 amide bonds. The van der Waals surface area contributed by atoms with Crippen molar-refractivity contribution in [3.63, 3.8) is 0 Å². The van der Waals surface area contributed by atoms with Gasteiger partial charge in [0.25, 0.3) is 5.91 Å². The highest BCUT2D eigenvalue weighted by Gasteiger charge is 2.48. The molecule has 0 aliphatic carbocycles. The van der Waals surface area contributed by atoms with Crippen LogP contribution in [0.4, 0.5) is 4.79 Å². The SMILES string of the molecule is COC(=O)[C@H]1O[C@@H](Oc2ccc(COC(C)=O)cc2C(=O)N[C@@H](CC(C)=O)C(=O)CCCOCCOCCONC(=O)OC(C)(C)C)[C@H](OC(C)=O)[C@@H](C)[C@@H]1C. The van der Waals surface area contributed by atoms with Gasteiger partial charge in [0, 0.05) is 39.2 Å². The van der Waals surface area contributed by atoms with Crippen LogP contribution >= 0.6 is 0 Å². The summed E-state index contributed by atoms with van der Waals surface area (Å²) >= 11 is 0. The molecule has 314 valence electrons. The number of hydroxylamine groups is 1. The molecule has 0 unspecified atom stereocenters. The van der Waals surface area contributed by atoms with Crippen LogP contribution in [-0.2, 0) is 68.6 Å². The Bertz CT molecular complexity index is 1510. The number of hydrogen-bond acceptors (Lipinski definition) is 16. The molecule has 2 N–H and O–H groups in total. The number of nitrogens with one attached hydrogen (secondary N) is 2. The average Bonchev–Trinajstić information content (AvgIpc) is 3.11. The largest absolute Gasteiger partial charge is 0.467 e. The van der Waals surface area contributed by atoms with Gasteiger partial charge >= 0.3 is 24.0 Å². The van der Waals surface area contributed by atoms with Gasteiger partial charge in [0.05, 0.1) is 45.1 Å². The molecule has 1 saturated heterocycles. The van der Waals surface area contributed by atoms with Crippen molar-refractivity contribution in [3.8, 4) is 5.75 Å². The van der Waals surface area contributed by atoms with E-state index < -0.39 is 77.7 Å². The van der Waals surface area contributed by atoms with Gasteiger partial charge in [-0.1, -0.05) is 19.9 Å². The van der Waals surface area contributed by atoms with Gasteiger partial charge in [0.1, 0.15) is 23.7 Å². The van der Waals surface area contributed by atoms with E-state index in [1.807, 2.05) is 0 Å². The Morgan fingerprint density at radius 3 is 2.14 bits per heavy atom. The molecule has 1 aliphatic heterocycles. The zero-order valence-corrected chi connectivity index (χ0v) is 33.6. The molecule has 2 rings (SSSR count). The minimum absolute atomic E-state index is 0.0237. The highest BCUT2D eigenvalue weighted by Crippen LogP contribution is 2.35. The van der Waals surface area contributed by atoms with Crippen LogP contribution in [-0.4, -0.2) is 112 Å². The van der Waals surface area contributed by atoms with Crippen LogP contribution in [0.25, 0.3) is 0 Å². The summed E-state index contributed by atoms with van der Waals surface area (Å²) < 4.78 is 43.6. The standard InChI is InChI=1S/C38H56N2O16/c1-22(41)19-29(30(44)11-10-14-49-15-16-50-17-18-52-40-37(47)56-38(6,7)8)39-34(45)28-20-27(21-51-25(4)42)12-13-31(28)54-36-33(53-26(5)43)24(3)23(2)32(55-36)35(46)48-9/h12-13,20,23-24,29,32-33,36H,10-11,14-19,21H2,1-9H3,(H,39,45)(H,40,47)/t23-,24-,29-,32-,33+,36+/m0/s1. The highest BCUT2D eigenvalue weighted by atomic mass is 16.7. The Hall–Kier alpha value is -4.65. The van der Waals surface area contributed by atoms with E-state index in [4.69, 9.17) is 42.7 Å². The second-order valence-electron chi connectivity index (χ2n) is 14.1. The average molecular weight is 797 g/mol. The Kier molecular flexibility index (Phi) is 19.9. The second-order valence-corrected chi connectivity index (χ2v) is 14.1. The third-order valence-electron chi connectivity index (χ3n) is 8.24. The van der Waals surface area contributed by atoms with Crippen LogP contribution < -0.4 is 15.5 Å². The second kappa shape index (κ2) is 23.4. The lowest BCUT2D eigenvalue weighted by atomic mass is 9.83. The first-order chi connectivity index (χ1) is 26.3. The molecule has 18 heteroatoms. The van der Waals surface area contributed by atoms with Crippen molar-refractivity contribution < 1.29 is 76.3 Å². The summed E-state index contributed by atoms with van der Waals surface area (Å²) in [4.78, 5) is 92.1. The van der Waals surface area contributed by atoms with Crippen LogP contribution in [0.1, 0.15) is 90.6 Å². The lowest BCUT2D eigenvalue weighted by Crippen LogP contribution is -2.55. The number of benzene rings is 1. The summed E-state index contributed by atoms with van der Waals surface area (Å²) in [6.45, 7) is 13.1. The molecule has 6 atom stereocenters. The van der Waals surface area contributed by atoms with Crippen molar-refractivity contribution in [2.45, 2.75) is 111 Å². The molecule has 1 aliphatic rings. The van der Waals surface area contributed by atoms with E-state index in [0.29, 0.717) is 5.56 Å². The number of amides is 2. The Morgan fingerprint density at radius 1 is 0.875 bits per heavy atom. The quantitative estimate of drug-likeness (QED) is 0.0744. The number of carbonyl (C=O) groups is 7. The number of hydrogen-bond donors (Lipinski definition) is 2. The minimum Gasteiger partial charge on any atom is -0.467 e. The van der Waals surface area contributed by atoms with E-state index in [2.05, 4.69) is 10.8 Å². The molecule has 0 aromatic heterocycles. The number of esters is 3. The van der Waals surface area contributed by atoms with Gasteiger partial charge in [-0.25, -0.2) is 9.59 Å². The van der Waals surface area contributed by atoms with E-state index in [1.165, 1.54) is 46.1 Å². The normalized spacial score (nSPS) is 19.8. The molecule has 1 aromatic rings. The first-order valence-electron chi connectivity index (χ1n) is 18.3. The Morgan fingerprint density at radius 2 is 1.54 bits per heavy atom. The summed E-state index contributed by atoms with van der Waals surface area (Å²) in [5.74, 6) is -4.39. The predicted octanol–water partition coefficient (Wildman–Crippen LogP) is 3.15. The van der Waals surface area contributed by atoms with Gasteiger partial charge in [-0.2, -0.15) is 5.48 Å². The molecular weight excluding hydrogens is 740 g/mol. The molecular formula is C38H56N2O16. The third kappa shape index (κ3) is 17.0. The summed E-state index contributed by atoms with van der Waals surface area (Å²) in [5, 5.41) is 2.63. The molecule has 1 fully saturated rings. The van der Waals surface area contributed by atoms with Gasteiger partial charge in [0.2, 0.25) is 6.29 Å². The number of ketones is 2. The lowest BCUT2D eigenvalue weighted by molar-refractivity contribution is -0.248. The van der Waals surface area contributed by atoms with Crippen LogP contribution in [0.2, 0.25) is 0 Å². The fourth-order valence-corrected chi connectivity index (χ4v) is 5.38. The van der Waals surface area contributed by atoms with Gasteiger partial charge < -0.3 is 43.2 Å². The summed E-state index contributed by atoms with van der Waals surface area (Å²) in [6, 6.07) is 3.13. The smallest absolute Gasteiger partial charge is 0.431 e. The lowest BCUT2D eigenvalue weighted by Gasteiger charge is -2.42. The van der Waals surface area contributed by atoms with Gasteiger partial charge in [0.15, 0.2) is 18.0 Å². The minimum atomic E-state index is -1.37. The van der Waals surface area contributed by atoms with E-state index in [9.17, 15) is 33.6 Å². The van der Waals surface area contributed by atoms with E-state index >= 15 is 0 Å². The van der Waals surface area contributed by atoms with E-state index in [0.717, 1.165) is 0 Å². The molecule has 1 aromatic carbocycles. The van der Waals surface area contributed by atoms with Crippen molar-refractivity contribution in [2.75, 3.05) is 40.1 Å². The number of methoxy groups -OCH3 is 1. The van der Waals surface area contributed by atoms with Crippen molar-refractivity contribution in [3.05, 3.63) is 29.3 Å². The number of carbonyl (C=O) groups excluding carboxylic acids is 7. The zero-order valence-electron chi connectivity index (χ0n) is 33.6. The number of ether oxygens (including phenoxy) is 8. The van der Waals surface area contributed by atoms with Gasteiger partial charge in [-0.05, 0) is 57.7 Å². The van der Waals surface area contributed by atoms with Crippen LogP contribution in [0.5, 0.6) is 5.75 Å². The molecule has 18 nitrogen and oxygen atoms in total. The van der Waals surface area contributed by atoms with Gasteiger partial charge in [-0.15, -0.1) is 0 Å². The fourth-order valence-electron chi connectivity index (χ4n) is 5.38. The maximum Gasteiger partial charge on any atom is 0.431 e.